The summed E-state index contributed by atoms with van der Waals surface area (Å²) in [6, 6.07) is 9.51. The Bertz CT molecular complexity index is 786. The van der Waals surface area contributed by atoms with Crippen LogP contribution >= 0.6 is 0 Å². The van der Waals surface area contributed by atoms with E-state index in [9.17, 15) is 4.79 Å². The van der Waals surface area contributed by atoms with E-state index in [2.05, 4.69) is 31.2 Å². The molecule has 28 heavy (non-hydrogen) atoms. The second kappa shape index (κ2) is 9.23. The fourth-order valence-electron chi connectivity index (χ4n) is 3.07. The summed E-state index contributed by atoms with van der Waals surface area (Å²) < 4.78 is 15.6. The number of hydrogen-bond acceptors (Lipinski definition) is 8. The minimum Gasteiger partial charge on any atom is -0.495 e. The highest BCUT2D eigenvalue weighted by atomic mass is 16.5. The van der Waals surface area contributed by atoms with Crippen molar-refractivity contribution in [2.75, 3.05) is 64.3 Å². The maximum Gasteiger partial charge on any atom is 0.240 e. The van der Waals surface area contributed by atoms with E-state index in [-0.39, 0.29) is 18.4 Å². The van der Waals surface area contributed by atoms with Gasteiger partial charge in [-0.2, -0.15) is 9.97 Å². The molecule has 2 aromatic rings. The Hall–Kier alpha value is -3.07. The van der Waals surface area contributed by atoms with E-state index < -0.39 is 0 Å². The van der Waals surface area contributed by atoms with Crippen LogP contribution in [0.15, 0.2) is 30.3 Å². The number of nitrogens with zero attached hydrogens (tertiary/aromatic N) is 4. The zero-order valence-corrected chi connectivity index (χ0v) is 16.3. The summed E-state index contributed by atoms with van der Waals surface area (Å²) in [4.78, 5) is 25.0. The minimum absolute atomic E-state index is 0.161. The van der Waals surface area contributed by atoms with E-state index in [1.807, 2.05) is 18.2 Å². The van der Waals surface area contributed by atoms with Crippen molar-refractivity contribution in [2.45, 2.75) is 0 Å². The Morgan fingerprint density at radius 1 is 1.00 bits per heavy atom. The monoisotopic (exact) mass is 387 g/mol. The van der Waals surface area contributed by atoms with Gasteiger partial charge in [-0.3, -0.25) is 15.0 Å². The zero-order valence-electron chi connectivity index (χ0n) is 16.3. The molecule has 1 amide bonds. The first kappa shape index (κ1) is 19.7. The number of amides is 1. The number of ether oxygens (including phenoxy) is 3. The van der Waals surface area contributed by atoms with E-state index in [4.69, 9.17) is 14.2 Å². The lowest BCUT2D eigenvalue weighted by molar-refractivity contribution is -0.117. The standard InChI is InChI=1S/C19H25N5O4/c1-26-15-7-5-4-6-14(15)24-10-8-23(9-11-24)13-16(25)20-19-21-17(27-2)12-18(22-19)28-3/h4-7,12H,8-11,13H2,1-3H3,(H,20,21,22,25). The molecule has 1 fully saturated rings. The fraction of sp³-hybridized carbons (Fsp3) is 0.421. The maximum absolute atomic E-state index is 12.4. The molecule has 1 aromatic carbocycles. The summed E-state index contributed by atoms with van der Waals surface area (Å²) in [6.45, 7) is 3.44. The van der Waals surface area contributed by atoms with Crippen LogP contribution in [-0.2, 0) is 4.79 Å². The predicted octanol–water partition coefficient (Wildman–Crippen LogP) is 1.26. The van der Waals surface area contributed by atoms with E-state index in [0.29, 0.717) is 11.8 Å². The van der Waals surface area contributed by atoms with Crippen molar-refractivity contribution in [2.24, 2.45) is 0 Å². The summed E-state index contributed by atoms with van der Waals surface area (Å²) in [5, 5.41) is 2.70. The van der Waals surface area contributed by atoms with Gasteiger partial charge in [0.05, 0.1) is 39.6 Å². The highest BCUT2D eigenvalue weighted by Gasteiger charge is 2.21. The number of para-hydroxylation sites is 2. The fourth-order valence-corrected chi connectivity index (χ4v) is 3.07. The largest absolute Gasteiger partial charge is 0.495 e. The Kier molecular flexibility index (Phi) is 6.49. The van der Waals surface area contributed by atoms with Gasteiger partial charge < -0.3 is 19.1 Å². The normalized spacial score (nSPS) is 14.5. The summed E-state index contributed by atoms with van der Waals surface area (Å²) >= 11 is 0. The molecule has 9 nitrogen and oxygen atoms in total. The molecule has 9 heteroatoms. The molecule has 0 radical (unpaired) electrons. The molecular formula is C19H25N5O4. The van der Waals surface area contributed by atoms with E-state index in [1.54, 1.807) is 13.2 Å². The molecule has 1 saturated heterocycles. The molecule has 0 spiro atoms. The van der Waals surface area contributed by atoms with Gasteiger partial charge in [0.25, 0.3) is 0 Å². The molecule has 0 unspecified atom stereocenters. The molecule has 1 aliphatic heterocycles. The van der Waals surface area contributed by atoms with Gasteiger partial charge in [0.1, 0.15) is 5.75 Å². The van der Waals surface area contributed by atoms with E-state index >= 15 is 0 Å². The van der Waals surface area contributed by atoms with E-state index in [1.165, 1.54) is 14.2 Å². The van der Waals surface area contributed by atoms with Gasteiger partial charge in [0.15, 0.2) is 0 Å². The average molecular weight is 387 g/mol. The number of rotatable bonds is 7. The number of carbonyl (C=O) groups is 1. The van der Waals surface area contributed by atoms with Crippen LogP contribution in [0.4, 0.5) is 11.6 Å². The van der Waals surface area contributed by atoms with Crippen LogP contribution in [0.5, 0.6) is 17.5 Å². The van der Waals surface area contributed by atoms with Crippen molar-refractivity contribution < 1.29 is 19.0 Å². The number of methoxy groups -OCH3 is 3. The maximum atomic E-state index is 12.4. The van der Waals surface area contributed by atoms with Crippen molar-refractivity contribution in [3.63, 3.8) is 0 Å². The number of piperazine rings is 1. The lowest BCUT2D eigenvalue weighted by Crippen LogP contribution is -2.48. The zero-order chi connectivity index (χ0) is 19.9. The summed E-state index contributed by atoms with van der Waals surface area (Å²) in [6.07, 6.45) is 0. The highest BCUT2D eigenvalue weighted by Crippen LogP contribution is 2.28. The molecule has 0 aliphatic carbocycles. The van der Waals surface area contributed by atoms with Gasteiger partial charge in [0.2, 0.25) is 23.6 Å². The average Bonchev–Trinajstić information content (AvgIpc) is 2.73. The first-order chi connectivity index (χ1) is 13.6. The molecule has 1 N–H and O–H groups in total. The van der Waals surface area contributed by atoms with Crippen LogP contribution in [-0.4, -0.2) is 74.8 Å². The second-order valence-corrected chi connectivity index (χ2v) is 6.26. The number of benzene rings is 1. The minimum atomic E-state index is -0.180. The Morgan fingerprint density at radius 2 is 1.64 bits per heavy atom. The number of aromatic nitrogens is 2. The summed E-state index contributed by atoms with van der Waals surface area (Å²) in [7, 11) is 4.66. The SMILES string of the molecule is COc1cc(OC)nc(NC(=O)CN2CCN(c3ccccc3OC)CC2)n1. The predicted molar refractivity (Wildman–Crippen MR) is 105 cm³/mol. The van der Waals surface area contributed by atoms with Gasteiger partial charge in [-0.25, -0.2) is 0 Å². The van der Waals surface area contributed by atoms with Crippen LogP contribution < -0.4 is 24.4 Å². The topological polar surface area (TPSA) is 89.1 Å². The molecule has 1 aromatic heterocycles. The molecular weight excluding hydrogens is 362 g/mol. The quantitative estimate of drug-likeness (QED) is 0.760. The molecule has 0 saturated carbocycles. The highest BCUT2D eigenvalue weighted by molar-refractivity contribution is 5.90. The van der Waals surface area contributed by atoms with Gasteiger partial charge in [0, 0.05) is 26.2 Å². The molecule has 0 atom stereocenters. The van der Waals surface area contributed by atoms with Crippen LogP contribution in [0.3, 0.4) is 0 Å². The van der Waals surface area contributed by atoms with Gasteiger partial charge in [-0.05, 0) is 12.1 Å². The van der Waals surface area contributed by atoms with Gasteiger partial charge in [-0.1, -0.05) is 12.1 Å². The summed E-state index contributed by atoms with van der Waals surface area (Å²) in [5.74, 6) is 1.49. The summed E-state index contributed by atoms with van der Waals surface area (Å²) in [5.41, 5.74) is 1.07. The second-order valence-electron chi connectivity index (χ2n) is 6.26. The smallest absolute Gasteiger partial charge is 0.240 e. The lowest BCUT2D eigenvalue weighted by Gasteiger charge is -2.36. The first-order valence-electron chi connectivity index (χ1n) is 9.00. The van der Waals surface area contributed by atoms with Crippen molar-refractivity contribution in [1.29, 1.82) is 0 Å². The molecule has 0 bridgehead atoms. The van der Waals surface area contributed by atoms with E-state index in [0.717, 1.165) is 37.6 Å². The number of anilines is 2. The van der Waals surface area contributed by atoms with Crippen molar-refractivity contribution >= 4 is 17.5 Å². The van der Waals surface area contributed by atoms with Crippen molar-refractivity contribution in [3.05, 3.63) is 30.3 Å². The van der Waals surface area contributed by atoms with Crippen LogP contribution in [0.1, 0.15) is 0 Å². The Balaban J connectivity index is 1.54. The van der Waals surface area contributed by atoms with Crippen molar-refractivity contribution in [1.82, 2.24) is 14.9 Å². The third kappa shape index (κ3) is 4.80. The Morgan fingerprint density at radius 3 is 2.25 bits per heavy atom. The van der Waals surface area contributed by atoms with Crippen molar-refractivity contribution in [3.8, 4) is 17.5 Å². The van der Waals surface area contributed by atoms with Gasteiger partial charge in [-0.15, -0.1) is 0 Å². The lowest BCUT2D eigenvalue weighted by atomic mass is 10.2. The Labute approximate surface area is 164 Å². The number of carbonyl (C=O) groups excluding carboxylic acids is 1. The molecule has 2 heterocycles. The molecule has 150 valence electrons. The number of nitrogens with one attached hydrogen (secondary N) is 1. The van der Waals surface area contributed by atoms with Crippen LogP contribution in [0.25, 0.3) is 0 Å². The van der Waals surface area contributed by atoms with Gasteiger partial charge >= 0.3 is 0 Å². The molecule has 1 aliphatic rings. The first-order valence-corrected chi connectivity index (χ1v) is 9.00. The van der Waals surface area contributed by atoms with Crippen LogP contribution in [0.2, 0.25) is 0 Å². The third-order valence-corrected chi connectivity index (χ3v) is 4.51. The third-order valence-electron chi connectivity index (χ3n) is 4.51. The van der Waals surface area contributed by atoms with Crippen LogP contribution in [0, 0.1) is 0 Å². The molecule has 3 rings (SSSR count). The number of hydrogen-bond donors (Lipinski definition) is 1.